The fraction of sp³-hybridized carbons (Fsp3) is 0.774. The Kier molecular flexibility index (Phi) is 8.64. The van der Waals surface area contributed by atoms with E-state index in [2.05, 4.69) is 113 Å². The van der Waals surface area contributed by atoms with E-state index in [4.69, 9.17) is 7.98 Å². The van der Waals surface area contributed by atoms with Crippen LogP contribution in [0.25, 0.3) is 0 Å². The molecule has 5 rings (SSSR count). The summed E-state index contributed by atoms with van der Waals surface area (Å²) in [5.41, 5.74) is 0.126. The molecule has 0 aliphatic heterocycles. The van der Waals surface area contributed by atoms with Gasteiger partial charge in [0.25, 0.3) is 0 Å². The van der Waals surface area contributed by atoms with Gasteiger partial charge in [0.15, 0.2) is 8.07 Å². The van der Waals surface area contributed by atoms with Crippen molar-refractivity contribution in [2.24, 2.45) is 17.8 Å². The second-order valence-electron chi connectivity index (χ2n) is 14.5. The Morgan fingerprint density at radius 1 is 0.784 bits per heavy atom. The van der Waals surface area contributed by atoms with Crippen LogP contribution in [-0.2, 0) is 0 Å². The van der Waals surface area contributed by atoms with Crippen LogP contribution in [0.15, 0.2) is 30.3 Å². The maximum atomic E-state index is 7.70. The van der Waals surface area contributed by atoms with Crippen molar-refractivity contribution < 1.29 is 4.49 Å². The van der Waals surface area contributed by atoms with Crippen molar-refractivity contribution in [3.05, 3.63) is 30.3 Å². The van der Waals surface area contributed by atoms with Gasteiger partial charge in [-0.2, -0.15) is 0 Å². The largest absolute Gasteiger partial charge is 0.579 e. The molecule has 0 amide bonds. The van der Waals surface area contributed by atoms with Gasteiger partial charge in [0.2, 0.25) is 0 Å². The normalized spacial score (nSPS) is 28.4. The molecule has 4 aliphatic rings. The van der Waals surface area contributed by atoms with Gasteiger partial charge in [0.1, 0.15) is 10.8 Å². The zero-order valence-electron chi connectivity index (χ0n) is 25.7. The van der Waals surface area contributed by atoms with Gasteiger partial charge in [0, 0.05) is 19.3 Å². The lowest BCUT2D eigenvalue weighted by atomic mass is 9.52. The Labute approximate surface area is 232 Å². The monoisotopic (exact) mass is 518 g/mol. The second-order valence-corrected chi connectivity index (χ2v) is 18.9. The van der Waals surface area contributed by atoms with Crippen LogP contribution in [-0.4, -0.2) is 72.1 Å². The van der Waals surface area contributed by atoms with Gasteiger partial charge in [0.05, 0.1) is 0 Å². The zero-order chi connectivity index (χ0) is 27.3. The number of hydrogen-bond acceptors (Lipinski definition) is 2. The molecule has 0 saturated heterocycles. The Hall–Kier alpha value is -0.843. The smallest absolute Gasteiger partial charge is 0.329 e. The van der Waals surface area contributed by atoms with E-state index in [0.29, 0.717) is 24.2 Å². The number of benzene rings is 1. The Bertz CT molecular complexity index is 885. The molecular weight excluding hydrogens is 464 g/mol. The second kappa shape index (κ2) is 11.0. The summed E-state index contributed by atoms with van der Waals surface area (Å²) in [5, 5.41) is 3.03. The third kappa shape index (κ3) is 5.46. The standard InChI is InChI=1S/C31H54B2N3Si/c1-22(2)34(23(3)4)33(35(24(5)6)25(7)8)30(37(9,10)29-14-12-11-13-15-29)36(32)31-19-26-16-27(20-31)18-28(17-26)21-31/h11-15,22-28H,16-21H2,1-10H3/q+1/b36-30-. The van der Waals surface area contributed by atoms with Crippen molar-refractivity contribution in [3.63, 3.8) is 0 Å². The van der Waals surface area contributed by atoms with Gasteiger partial charge in [-0.05, 0) is 66.4 Å². The quantitative estimate of drug-likeness (QED) is 0.281. The molecule has 4 saturated carbocycles. The van der Waals surface area contributed by atoms with Gasteiger partial charge < -0.3 is 14.1 Å². The molecule has 202 valence electrons. The SMILES string of the molecule is [B]/[N+](=C(/B(N(C(C)C)C(C)C)N(C(C)C)C(C)C)[Si](C)(C)c1ccccc1)C12CC3CC(CC(C3)C1)C2. The van der Waals surface area contributed by atoms with Gasteiger partial charge in [-0.3, -0.25) is 0 Å². The molecule has 0 N–H and O–H groups in total. The number of rotatable bonds is 10. The molecule has 6 heteroatoms. The molecule has 0 spiro atoms. The van der Waals surface area contributed by atoms with Crippen LogP contribution < -0.4 is 5.19 Å². The van der Waals surface area contributed by atoms with Gasteiger partial charge in [-0.25, -0.2) is 0 Å². The fourth-order valence-corrected chi connectivity index (χ4v) is 12.2. The van der Waals surface area contributed by atoms with E-state index < -0.39 is 8.07 Å². The summed E-state index contributed by atoms with van der Waals surface area (Å²) in [5.74, 6) is 2.61. The van der Waals surface area contributed by atoms with Crippen molar-refractivity contribution in [1.29, 1.82) is 0 Å². The molecule has 2 radical (unpaired) electrons. The van der Waals surface area contributed by atoms with Crippen molar-refractivity contribution in [3.8, 4) is 0 Å². The zero-order valence-corrected chi connectivity index (χ0v) is 26.7. The van der Waals surface area contributed by atoms with Crippen molar-refractivity contribution in [2.75, 3.05) is 0 Å². The fourth-order valence-electron chi connectivity index (χ4n) is 9.13. The molecule has 1 aromatic rings. The third-order valence-electron chi connectivity index (χ3n) is 10.1. The number of nitrogens with zero attached hydrogens (tertiary/aromatic N) is 3. The molecule has 4 fully saturated rings. The Morgan fingerprint density at radius 2 is 1.16 bits per heavy atom. The summed E-state index contributed by atoms with van der Waals surface area (Å²) in [7, 11) is 5.53. The molecule has 4 bridgehead atoms. The van der Waals surface area contributed by atoms with E-state index in [1.54, 1.807) is 0 Å². The average molecular weight is 519 g/mol. The van der Waals surface area contributed by atoms with Crippen LogP contribution in [0.5, 0.6) is 0 Å². The first kappa shape index (κ1) is 29.1. The van der Waals surface area contributed by atoms with Crippen LogP contribution in [0, 0.1) is 17.8 Å². The third-order valence-corrected chi connectivity index (χ3v) is 13.7. The molecular formula is C31H54B2N3Si+. The molecule has 4 aliphatic carbocycles. The van der Waals surface area contributed by atoms with E-state index in [9.17, 15) is 0 Å². The van der Waals surface area contributed by atoms with E-state index in [-0.39, 0.29) is 12.5 Å². The highest BCUT2D eigenvalue weighted by molar-refractivity contribution is 7.30. The average Bonchev–Trinajstić information content (AvgIpc) is 2.77. The minimum atomic E-state index is -2.16. The van der Waals surface area contributed by atoms with Gasteiger partial charge in [-0.15, -0.1) is 0 Å². The first-order valence-corrected chi connectivity index (χ1v) is 18.3. The van der Waals surface area contributed by atoms with Crippen LogP contribution in [0.1, 0.15) is 93.9 Å². The number of hydrogen-bond donors (Lipinski definition) is 0. The highest BCUT2D eigenvalue weighted by atomic mass is 28.3. The lowest BCUT2D eigenvalue weighted by Crippen LogP contribution is -2.75. The van der Waals surface area contributed by atoms with Crippen molar-refractivity contribution in [2.45, 2.75) is 137 Å². The molecule has 0 aromatic heterocycles. The van der Waals surface area contributed by atoms with Crippen LogP contribution in [0.3, 0.4) is 0 Å². The summed E-state index contributed by atoms with van der Waals surface area (Å²) >= 11 is 0. The molecule has 37 heavy (non-hydrogen) atoms. The maximum Gasteiger partial charge on any atom is 0.579 e. The predicted molar refractivity (Wildman–Crippen MR) is 165 cm³/mol. The van der Waals surface area contributed by atoms with Crippen molar-refractivity contribution in [1.82, 2.24) is 9.62 Å². The van der Waals surface area contributed by atoms with Gasteiger partial charge in [-0.1, -0.05) is 98.8 Å². The molecule has 0 atom stereocenters. The Balaban J connectivity index is 2.01. The summed E-state index contributed by atoms with van der Waals surface area (Å²) in [6.07, 6.45) is 8.20. The van der Waals surface area contributed by atoms with Crippen LogP contribution >= 0.6 is 0 Å². The first-order valence-electron chi connectivity index (χ1n) is 15.3. The van der Waals surface area contributed by atoms with Gasteiger partial charge >= 0.3 is 15.0 Å². The summed E-state index contributed by atoms with van der Waals surface area (Å²) in [6.45, 7) is 24.4. The summed E-state index contributed by atoms with van der Waals surface area (Å²) < 4.78 is 2.47. The molecule has 3 nitrogen and oxygen atoms in total. The maximum absolute atomic E-state index is 7.70. The first-order chi connectivity index (χ1) is 17.3. The lowest BCUT2D eigenvalue weighted by Gasteiger charge is -2.56. The van der Waals surface area contributed by atoms with Crippen LogP contribution in [0.4, 0.5) is 0 Å². The predicted octanol–water partition coefficient (Wildman–Crippen LogP) is 5.91. The van der Waals surface area contributed by atoms with Crippen LogP contribution in [0.2, 0.25) is 13.1 Å². The topological polar surface area (TPSA) is 9.49 Å². The van der Waals surface area contributed by atoms with E-state index in [0.717, 1.165) is 17.8 Å². The van der Waals surface area contributed by atoms with E-state index >= 15 is 0 Å². The Morgan fingerprint density at radius 3 is 1.51 bits per heavy atom. The van der Waals surface area contributed by atoms with E-state index in [1.807, 2.05) is 0 Å². The van der Waals surface area contributed by atoms with Crippen molar-refractivity contribution >= 4 is 33.5 Å². The summed E-state index contributed by atoms with van der Waals surface area (Å²) in [4.78, 5) is 5.54. The molecule has 1 aromatic carbocycles. The van der Waals surface area contributed by atoms with E-state index in [1.165, 1.54) is 48.9 Å². The molecule has 0 heterocycles. The minimum absolute atomic E-state index is 0.126. The highest BCUT2D eigenvalue weighted by Gasteiger charge is 2.60. The summed E-state index contributed by atoms with van der Waals surface area (Å²) in [6, 6.07) is 13.1. The minimum Gasteiger partial charge on any atom is -0.329 e. The lowest BCUT2D eigenvalue weighted by molar-refractivity contribution is -0.502. The highest BCUT2D eigenvalue weighted by Crippen LogP contribution is 2.57. The molecule has 0 unspecified atom stereocenters.